The van der Waals surface area contributed by atoms with Crippen molar-refractivity contribution in [2.24, 2.45) is 0 Å². The second-order valence-corrected chi connectivity index (χ2v) is 5.06. The minimum Gasteiger partial charge on any atom is -0.497 e. The topological polar surface area (TPSA) is 64.3 Å². The molecule has 0 aromatic heterocycles. The third-order valence-corrected chi connectivity index (χ3v) is 3.43. The first kappa shape index (κ1) is 14.9. The molecule has 3 N–H and O–H groups in total. The number of anilines is 1. The first-order valence-electron chi connectivity index (χ1n) is 6.82. The van der Waals surface area contributed by atoms with Crippen molar-refractivity contribution in [1.29, 1.82) is 0 Å². The predicted octanol–water partition coefficient (Wildman–Crippen LogP) is 3.08. The first-order valence-corrected chi connectivity index (χ1v) is 6.82. The number of carbonyl (C=O) groups excluding carboxylic acids is 1. The number of ether oxygens (including phenoxy) is 1. The Bertz CT molecular complexity index is 636. The van der Waals surface area contributed by atoms with Crippen molar-refractivity contribution in [3.05, 3.63) is 59.2 Å². The van der Waals surface area contributed by atoms with Gasteiger partial charge >= 0.3 is 0 Å². The highest BCUT2D eigenvalue weighted by Gasteiger charge is 2.14. The zero-order valence-electron chi connectivity index (χ0n) is 12.5. The van der Waals surface area contributed by atoms with Gasteiger partial charge in [0, 0.05) is 11.8 Å². The maximum atomic E-state index is 12.3. The molecule has 4 nitrogen and oxygen atoms in total. The van der Waals surface area contributed by atoms with E-state index < -0.39 is 0 Å². The van der Waals surface area contributed by atoms with E-state index in [2.05, 4.69) is 5.32 Å². The molecule has 0 bridgehead atoms. The Morgan fingerprint density at radius 1 is 1.19 bits per heavy atom. The Hall–Kier alpha value is -2.49. The minimum absolute atomic E-state index is 0.0837. The van der Waals surface area contributed by atoms with Crippen molar-refractivity contribution in [2.45, 2.75) is 19.9 Å². The van der Waals surface area contributed by atoms with Crippen LogP contribution in [0, 0.1) is 6.92 Å². The van der Waals surface area contributed by atoms with Gasteiger partial charge in [-0.25, -0.2) is 0 Å². The number of carbonyl (C=O) groups is 1. The van der Waals surface area contributed by atoms with Crippen molar-refractivity contribution < 1.29 is 9.53 Å². The minimum atomic E-state index is -0.191. The van der Waals surface area contributed by atoms with E-state index in [9.17, 15) is 4.79 Å². The summed E-state index contributed by atoms with van der Waals surface area (Å²) in [6.07, 6.45) is 0. The van der Waals surface area contributed by atoms with Gasteiger partial charge in [-0.3, -0.25) is 4.79 Å². The number of benzene rings is 2. The smallest absolute Gasteiger partial charge is 0.253 e. The van der Waals surface area contributed by atoms with Gasteiger partial charge < -0.3 is 15.8 Å². The fraction of sp³-hybridized carbons (Fsp3) is 0.235. The molecular formula is C17H20N2O2. The third-order valence-electron chi connectivity index (χ3n) is 3.43. The fourth-order valence-corrected chi connectivity index (χ4v) is 2.09. The number of nitrogen functional groups attached to an aromatic ring is 1. The highest BCUT2D eigenvalue weighted by molar-refractivity contribution is 5.99. The molecule has 0 fully saturated rings. The summed E-state index contributed by atoms with van der Waals surface area (Å²) in [6.45, 7) is 3.98. The molecule has 0 saturated carbocycles. The molecule has 1 atom stereocenters. The number of nitrogens with two attached hydrogens (primary N) is 1. The lowest BCUT2D eigenvalue weighted by Crippen LogP contribution is -2.27. The summed E-state index contributed by atoms with van der Waals surface area (Å²) in [5, 5.41) is 2.95. The average molecular weight is 284 g/mol. The molecule has 0 spiro atoms. The van der Waals surface area contributed by atoms with Gasteiger partial charge in [0.25, 0.3) is 5.91 Å². The Morgan fingerprint density at radius 2 is 1.86 bits per heavy atom. The van der Waals surface area contributed by atoms with Crippen LogP contribution in [0.25, 0.3) is 0 Å². The van der Waals surface area contributed by atoms with Crippen LogP contribution in [0.1, 0.15) is 34.5 Å². The molecule has 0 saturated heterocycles. The molecule has 110 valence electrons. The van der Waals surface area contributed by atoms with Crippen LogP contribution >= 0.6 is 0 Å². The van der Waals surface area contributed by atoms with Gasteiger partial charge in [0.1, 0.15) is 5.75 Å². The fourth-order valence-electron chi connectivity index (χ4n) is 2.09. The molecule has 0 heterocycles. The molecule has 0 aliphatic heterocycles. The van der Waals surface area contributed by atoms with Gasteiger partial charge in [0.05, 0.1) is 18.7 Å². The summed E-state index contributed by atoms with van der Waals surface area (Å²) in [7, 11) is 1.56. The molecule has 4 heteroatoms. The second kappa shape index (κ2) is 6.31. The Labute approximate surface area is 124 Å². The van der Waals surface area contributed by atoms with Gasteiger partial charge in [0.15, 0.2) is 0 Å². The number of rotatable bonds is 4. The van der Waals surface area contributed by atoms with E-state index in [4.69, 9.17) is 10.5 Å². The Kier molecular flexibility index (Phi) is 4.48. The number of nitrogens with one attached hydrogen (secondary N) is 1. The van der Waals surface area contributed by atoms with Crippen LogP contribution in [0.5, 0.6) is 5.75 Å². The van der Waals surface area contributed by atoms with Gasteiger partial charge in [-0.15, -0.1) is 0 Å². The van der Waals surface area contributed by atoms with Crippen molar-refractivity contribution in [3.63, 3.8) is 0 Å². The largest absolute Gasteiger partial charge is 0.497 e. The lowest BCUT2D eigenvalue weighted by atomic mass is 10.1. The molecule has 21 heavy (non-hydrogen) atoms. The standard InChI is InChI=1S/C17H20N2O2/c1-11-4-6-13(7-5-11)12(2)19-17(20)15-9-8-14(21-3)10-16(15)18/h4-10,12H,18H2,1-3H3,(H,19,20)/t12-/m0/s1. The van der Waals surface area contributed by atoms with Gasteiger partial charge in [-0.05, 0) is 31.5 Å². The number of hydrogen-bond acceptors (Lipinski definition) is 3. The van der Waals surface area contributed by atoms with Crippen LogP contribution in [-0.4, -0.2) is 13.0 Å². The van der Waals surface area contributed by atoms with E-state index in [-0.39, 0.29) is 11.9 Å². The molecule has 1 amide bonds. The summed E-state index contributed by atoms with van der Waals surface area (Å²) in [5.41, 5.74) is 9.00. The normalized spacial score (nSPS) is 11.8. The molecular weight excluding hydrogens is 264 g/mol. The molecule has 2 aromatic carbocycles. The highest BCUT2D eigenvalue weighted by Crippen LogP contribution is 2.21. The SMILES string of the molecule is COc1ccc(C(=O)N[C@@H](C)c2ccc(C)cc2)c(N)c1. The van der Waals surface area contributed by atoms with Crippen LogP contribution in [-0.2, 0) is 0 Å². The average Bonchev–Trinajstić information content (AvgIpc) is 2.47. The first-order chi connectivity index (χ1) is 10.0. The van der Waals surface area contributed by atoms with Crippen LogP contribution < -0.4 is 15.8 Å². The van der Waals surface area contributed by atoms with Crippen LogP contribution in [0.2, 0.25) is 0 Å². The van der Waals surface area contributed by atoms with Crippen LogP contribution in [0.15, 0.2) is 42.5 Å². The molecule has 0 unspecified atom stereocenters. The van der Waals surface area contributed by atoms with E-state index >= 15 is 0 Å². The van der Waals surface area contributed by atoms with E-state index in [1.54, 1.807) is 25.3 Å². The number of hydrogen-bond donors (Lipinski definition) is 2. The number of methoxy groups -OCH3 is 1. The molecule has 0 aliphatic rings. The Morgan fingerprint density at radius 3 is 2.43 bits per heavy atom. The highest BCUT2D eigenvalue weighted by atomic mass is 16.5. The van der Waals surface area contributed by atoms with Gasteiger partial charge in [0.2, 0.25) is 0 Å². The number of aryl methyl sites for hydroxylation is 1. The predicted molar refractivity (Wildman–Crippen MR) is 84.5 cm³/mol. The van der Waals surface area contributed by atoms with Crippen molar-refractivity contribution in [3.8, 4) is 5.75 Å². The van der Waals surface area contributed by atoms with E-state index in [1.807, 2.05) is 38.1 Å². The van der Waals surface area contributed by atoms with Crippen LogP contribution in [0.4, 0.5) is 5.69 Å². The summed E-state index contributed by atoms with van der Waals surface area (Å²) >= 11 is 0. The maximum absolute atomic E-state index is 12.3. The third kappa shape index (κ3) is 3.54. The second-order valence-electron chi connectivity index (χ2n) is 5.06. The number of amides is 1. The van der Waals surface area contributed by atoms with Crippen molar-refractivity contribution >= 4 is 11.6 Å². The monoisotopic (exact) mass is 284 g/mol. The van der Waals surface area contributed by atoms with Gasteiger partial charge in [-0.1, -0.05) is 29.8 Å². The van der Waals surface area contributed by atoms with Crippen molar-refractivity contribution in [1.82, 2.24) is 5.32 Å². The maximum Gasteiger partial charge on any atom is 0.253 e. The molecule has 0 radical (unpaired) electrons. The summed E-state index contributed by atoms with van der Waals surface area (Å²) in [4.78, 5) is 12.3. The van der Waals surface area contributed by atoms with E-state index in [0.717, 1.165) is 5.56 Å². The molecule has 0 aliphatic carbocycles. The molecule has 2 aromatic rings. The zero-order chi connectivity index (χ0) is 15.4. The summed E-state index contributed by atoms with van der Waals surface area (Å²) in [6, 6.07) is 13.0. The Balaban J connectivity index is 2.12. The van der Waals surface area contributed by atoms with E-state index in [0.29, 0.717) is 17.0 Å². The molecule has 2 rings (SSSR count). The zero-order valence-corrected chi connectivity index (χ0v) is 12.5. The summed E-state index contributed by atoms with van der Waals surface area (Å²) in [5.74, 6) is 0.443. The van der Waals surface area contributed by atoms with E-state index in [1.165, 1.54) is 5.56 Å². The lowest BCUT2D eigenvalue weighted by Gasteiger charge is -2.15. The quantitative estimate of drug-likeness (QED) is 0.848. The van der Waals surface area contributed by atoms with Crippen LogP contribution in [0.3, 0.4) is 0 Å². The summed E-state index contributed by atoms with van der Waals surface area (Å²) < 4.78 is 5.08. The van der Waals surface area contributed by atoms with Crippen molar-refractivity contribution in [2.75, 3.05) is 12.8 Å². The van der Waals surface area contributed by atoms with Gasteiger partial charge in [-0.2, -0.15) is 0 Å². The lowest BCUT2D eigenvalue weighted by molar-refractivity contribution is 0.0941.